The van der Waals surface area contributed by atoms with Crippen molar-refractivity contribution in [1.29, 1.82) is 0 Å². The molecule has 0 spiro atoms. The van der Waals surface area contributed by atoms with Gasteiger partial charge in [-0.25, -0.2) is 0 Å². The lowest BCUT2D eigenvalue weighted by Gasteiger charge is -2.49. The molecule has 1 aliphatic rings. The zero-order valence-corrected chi connectivity index (χ0v) is 8.92. The van der Waals surface area contributed by atoms with Crippen LogP contribution in [-0.2, 0) is 0 Å². The molecule has 1 atom stereocenters. The van der Waals surface area contributed by atoms with Gasteiger partial charge in [-0.05, 0) is 25.2 Å². The molecule has 0 unspecified atom stereocenters. The summed E-state index contributed by atoms with van der Waals surface area (Å²) >= 11 is 0. The topological polar surface area (TPSA) is 46.2 Å². The molecule has 0 aromatic heterocycles. The molecule has 78 valence electrons. The largest absolute Gasteiger partial charge is 0.393 e. The van der Waals surface area contributed by atoms with Crippen LogP contribution in [0.15, 0.2) is 0 Å². The first-order valence-corrected chi connectivity index (χ1v) is 5.52. The van der Waals surface area contributed by atoms with Crippen molar-refractivity contribution in [3.05, 3.63) is 0 Å². The average molecular weight is 185 g/mol. The minimum atomic E-state index is -0.159. The van der Waals surface area contributed by atoms with Gasteiger partial charge in [0.2, 0.25) is 0 Å². The van der Waals surface area contributed by atoms with E-state index >= 15 is 0 Å². The van der Waals surface area contributed by atoms with E-state index in [1.807, 2.05) is 0 Å². The monoisotopic (exact) mass is 185 g/mol. The Bertz CT molecular complexity index is 152. The van der Waals surface area contributed by atoms with Gasteiger partial charge in [0.1, 0.15) is 0 Å². The highest BCUT2D eigenvalue weighted by Gasteiger charge is 2.45. The fourth-order valence-electron chi connectivity index (χ4n) is 2.61. The maximum atomic E-state index is 9.99. The van der Waals surface area contributed by atoms with Gasteiger partial charge in [-0.1, -0.05) is 26.7 Å². The lowest BCUT2D eigenvalue weighted by molar-refractivity contribution is -0.0622. The van der Waals surface area contributed by atoms with Crippen LogP contribution in [0.2, 0.25) is 0 Å². The van der Waals surface area contributed by atoms with E-state index < -0.39 is 0 Å². The number of hydrogen-bond acceptors (Lipinski definition) is 2. The molecule has 1 rings (SSSR count). The minimum Gasteiger partial charge on any atom is -0.393 e. The second-order valence-electron chi connectivity index (χ2n) is 4.74. The predicted molar refractivity (Wildman–Crippen MR) is 55.4 cm³/mol. The third-order valence-electron chi connectivity index (χ3n) is 3.45. The standard InChI is InChI=1S/C11H23NO/c1-3-4-5-10(13)11(8-12)6-9(2)7-11/h9-10,13H,3-8,12H2,1-2H3/t9?,10-,11?/m0/s1. The van der Waals surface area contributed by atoms with E-state index in [0.717, 1.165) is 38.0 Å². The van der Waals surface area contributed by atoms with Crippen LogP contribution in [0.3, 0.4) is 0 Å². The van der Waals surface area contributed by atoms with Gasteiger partial charge < -0.3 is 10.8 Å². The molecule has 1 fully saturated rings. The summed E-state index contributed by atoms with van der Waals surface area (Å²) in [5.41, 5.74) is 5.82. The van der Waals surface area contributed by atoms with Crippen molar-refractivity contribution in [2.24, 2.45) is 17.1 Å². The molecule has 0 saturated heterocycles. The molecule has 3 N–H and O–H groups in total. The van der Waals surface area contributed by atoms with Crippen LogP contribution in [0.1, 0.15) is 46.0 Å². The molecule has 0 aromatic carbocycles. The predicted octanol–water partition coefficient (Wildman–Crippen LogP) is 1.91. The Morgan fingerprint density at radius 2 is 2.15 bits per heavy atom. The van der Waals surface area contributed by atoms with Crippen LogP contribution in [-0.4, -0.2) is 17.8 Å². The Kier molecular flexibility index (Phi) is 3.74. The quantitative estimate of drug-likeness (QED) is 0.687. The molecule has 0 bridgehead atoms. The summed E-state index contributed by atoms with van der Waals surface area (Å²) in [6.45, 7) is 5.05. The third-order valence-corrected chi connectivity index (χ3v) is 3.45. The number of hydrogen-bond donors (Lipinski definition) is 2. The van der Waals surface area contributed by atoms with Crippen molar-refractivity contribution in [1.82, 2.24) is 0 Å². The lowest BCUT2D eigenvalue weighted by Crippen LogP contribution is -2.50. The fourth-order valence-corrected chi connectivity index (χ4v) is 2.61. The van der Waals surface area contributed by atoms with Crippen LogP contribution < -0.4 is 5.73 Å². The fraction of sp³-hybridized carbons (Fsp3) is 1.00. The first kappa shape index (κ1) is 11.0. The Hall–Kier alpha value is -0.0800. The summed E-state index contributed by atoms with van der Waals surface area (Å²) in [4.78, 5) is 0. The van der Waals surface area contributed by atoms with Crippen molar-refractivity contribution in [3.8, 4) is 0 Å². The molecular weight excluding hydrogens is 162 g/mol. The van der Waals surface area contributed by atoms with Crippen molar-refractivity contribution in [2.45, 2.75) is 52.1 Å². The molecule has 1 saturated carbocycles. The van der Waals surface area contributed by atoms with Gasteiger partial charge in [-0.2, -0.15) is 0 Å². The van der Waals surface area contributed by atoms with Gasteiger partial charge in [-0.15, -0.1) is 0 Å². The van der Waals surface area contributed by atoms with Crippen LogP contribution in [0.4, 0.5) is 0 Å². The normalized spacial score (nSPS) is 35.5. The summed E-state index contributed by atoms with van der Waals surface area (Å²) < 4.78 is 0. The van der Waals surface area contributed by atoms with Crippen molar-refractivity contribution < 1.29 is 5.11 Å². The highest BCUT2D eigenvalue weighted by atomic mass is 16.3. The Balaban J connectivity index is 2.38. The highest BCUT2D eigenvalue weighted by molar-refractivity contribution is 4.97. The molecule has 0 amide bonds. The Labute approximate surface area is 81.5 Å². The van der Waals surface area contributed by atoms with E-state index in [2.05, 4.69) is 13.8 Å². The Morgan fingerprint density at radius 3 is 2.54 bits per heavy atom. The molecule has 2 nitrogen and oxygen atoms in total. The molecule has 0 aliphatic heterocycles. The maximum Gasteiger partial charge on any atom is 0.0608 e. The maximum absolute atomic E-state index is 9.99. The highest BCUT2D eigenvalue weighted by Crippen LogP contribution is 2.48. The van der Waals surface area contributed by atoms with E-state index in [1.165, 1.54) is 0 Å². The molecule has 0 radical (unpaired) electrons. The lowest BCUT2D eigenvalue weighted by atomic mass is 9.59. The second kappa shape index (κ2) is 4.43. The molecular formula is C11H23NO. The van der Waals surface area contributed by atoms with Crippen molar-refractivity contribution >= 4 is 0 Å². The van der Waals surface area contributed by atoms with Crippen LogP contribution in [0.25, 0.3) is 0 Å². The molecule has 1 aliphatic carbocycles. The minimum absolute atomic E-state index is 0.0780. The second-order valence-corrected chi connectivity index (χ2v) is 4.74. The number of nitrogens with two attached hydrogens (primary N) is 1. The van der Waals surface area contributed by atoms with Gasteiger partial charge in [0, 0.05) is 12.0 Å². The zero-order chi connectivity index (χ0) is 9.90. The van der Waals surface area contributed by atoms with Gasteiger partial charge >= 0.3 is 0 Å². The van der Waals surface area contributed by atoms with E-state index in [0.29, 0.717) is 6.54 Å². The van der Waals surface area contributed by atoms with E-state index in [9.17, 15) is 5.11 Å². The first-order chi connectivity index (χ1) is 6.14. The van der Waals surface area contributed by atoms with Crippen molar-refractivity contribution in [3.63, 3.8) is 0 Å². The zero-order valence-electron chi connectivity index (χ0n) is 8.92. The average Bonchev–Trinajstić information content (AvgIpc) is 2.08. The number of rotatable bonds is 5. The first-order valence-electron chi connectivity index (χ1n) is 5.52. The molecule has 2 heteroatoms. The van der Waals surface area contributed by atoms with Gasteiger partial charge in [0.05, 0.1) is 6.10 Å². The Morgan fingerprint density at radius 1 is 1.54 bits per heavy atom. The summed E-state index contributed by atoms with van der Waals surface area (Å²) in [5.74, 6) is 0.764. The summed E-state index contributed by atoms with van der Waals surface area (Å²) in [6, 6.07) is 0. The number of aliphatic hydroxyl groups excluding tert-OH is 1. The molecule has 0 aromatic rings. The van der Waals surface area contributed by atoms with Gasteiger partial charge in [0.15, 0.2) is 0 Å². The molecule has 13 heavy (non-hydrogen) atoms. The summed E-state index contributed by atoms with van der Waals surface area (Å²) in [5, 5.41) is 9.99. The van der Waals surface area contributed by atoms with Crippen LogP contribution >= 0.6 is 0 Å². The molecule has 0 heterocycles. The van der Waals surface area contributed by atoms with E-state index in [-0.39, 0.29) is 11.5 Å². The smallest absolute Gasteiger partial charge is 0.0608 e. The summed E-state index contributed by atoms with van der Waals surface area (Å²) in [6.07, 6.45) is 5.29. The van der Waals surface area contributed by atoms with Gasteiger partial charge in [0.25, 0.3) is 0 Å². The van der Waals surface area contributed by atoms with Crippen LogP contribution in [0, 0.1) is 11.3 Å². The summed E-state index contributed by atoms with van der Waals surface area (Å²) in [7, 11) is 0. The SMILES string of the molecule is CCCC[C@H](O)C1(CN)CC(C)C1. The van der Waals surface area contributed by atoms with Crippen LogP contribution in [0.5, 0.6) is 0 Å². The van der Waals surface area contributed by atoms with Crippen molar-refractivity contribution in [2.75, 3.05) is 6.54 Å². The third kappa shape index (κ3) is 2.23. The number of unbranched alkanes of at least 4 members (excludes halogenated alkanes) is 1. The number of aliphatic hydroxyl groups is 1. The van der Waals surface area contributed by atoms with E-state index in [1.54, 1.807) is 0 Å². The van der Waals surface area contributed by atoms with E-state index in [4.69, 9.17) is 5.73 Å². The van der Waals surface area contributed by atoms with Gasteiger partial charge in [-0.3, -0.25) is 0 Å².